The zero-order chi connectivity index (χ0) is 22.5. The Hall–Kier alpha value is -3.52. The molecular formula is C24H28N6O2. The number of carbonyl (C=O) groups is 1. The van der Waals surface area contributed by atoms with Crippen LogP contribution < -0.4 is 16.2 Å². The van der Waals surface area contributed by atoms with Gasteiger partial charge < -0.3 is 15.6 Å². The standard InChI is InChI=1S/C24H28N6O2/c1-16-17(2)26-23(29-24(16)32)18-8-9-21(25-14-18)27-20-10-12-30(13-11-20)15-22(31)28-19-6-4-3-5-7-19/h3-9,14,20H,10-13,15H2,1-2H3,(H,25,27)(H,28,31)(H,26,29,32). The van der Waals surface area contributed by atoms with Gasteiger partial charge in [-0.1, -0.05) is 18.2 Å². The van der Waals surface area contributed by atoms with Gasteiger partial charge >= 0.3 is 0 Å². The Morgan fingerprint density at radius 3 is 2.53 bits per heavy atom. The lowest BCUT2D eigenvalue weighted by molar-refractivity contribution is -0.117. The van der Waals surface area contributed by atoms with Crippen molar-refractivity contribution in [2.75, 3.05) is 30.3 Å². The summed E-state index contributed by atoms with van der Waals surface area (Å²) in [5.74, 6) is 1.33. The van der Waals surface area contributed by atoms with Crippen molar-refractivity contribution in [3.05, 3.63) is 70.3 Å². The number of carbonyl (C=O) groups excluding carboxylic acids is 1. The van der Waals surface area contributed by atoms with Gasteiger partial charge in [0, 0.05) is 47.8 Å². The summed E-state index contributed by atoms with van der Waals surface area (Å²) in [7, 11) is 0. The molecule has 0 saturated carbocycles. The number of aryl methyl sites for hydroxylation is 1. The first kappa shape index (κ1) is 21.7. The molecule has 8 nitrogen and oxygen atoms in total. The molecule has 0 radical (unpaired) electrons. The van der Waals surface area contributed by atoms with E-state index in [-0.39, 0.29) is 11.5 Å². The fraction of sp³-hybridized carbons (Fsp3) is 0.333. The van der Waals surface area contributed by atoms with Gasteiger partial charge in [-0.25, -0.2) is 9.97 Å². The number of nitrogens with one attached hydrogen (secondary N) is 3. The normalized spacial score (nSPS) is 14.8. The monoisotopic (exact) mass is 432 g/mol. The second-order valence-electron chi connectivity index (χ2n) is 8.17. The summed E-state index contributed by atoms with van der Waals surface area (Å²) < 4.78 is 0. The summed E-state index contributed by atoms with van der Waals surface area (Å²) >= 11 is 0. The van der Waals surface area contributed by atoms with Crippen LogP contribution in [0.15, 0.2) is 53.5 Å². The summed E-state index contributed by atoms with van der Waals surface area (Å²) in [5, 5.41) is 6.41. The lowest BCUT2D eigenvalue weighted by Crippen LogP contribution is -2.42. The van der Waals surface area contributed by atoms with E-state index in [4.69, 9.17) is 0 Å². The minimum Gasteiger partial charge on any atom is -0.367 e. The zero-order valence-electron chi connectivity index (χ0n) is 18.4. The van der Waals surface area contributed by atoms with E-state index in [0.717, 1.165) is 48.7 Å². The number of benzene rings is 1. The molecule has 1 aliphatic rings. The van der Waals surface area contributed by atoms with E-state index in [1.165, 1.54) is 0 Å². The molecule has 3 N–H and O–H groups in total. The van der Waals surface area contributed by atoms with Crippen LogP contribution in [0, 0.1) is 13.8 Å². The van der Waals surface area contributed by atoms with Crippen molar-refractivity contribution in [3.63, 3.8) is 0 Å². The molecule has 1 amide bonds. The van der Waals surface area contributed by atoms with Gasteiger partial charge in [-0.15, -0.1) is 0 Å². The highest BCUT2D eigenvalue weighted by Crippen LogP contribution is 2.19. The molecule has 0 atom stereocenters. The van der Waals surface area contributed by atoms with Crippen molar-refractivity contribution < 1.29 is 4.79 Å². The molecule has 166 valence electrons. The fourth-order valence-corrected chi connectivity index (χ4v) is 3.77. The van der Waals surface area contributed by atoms with Gasteiger partial charge in [0.15, 0.2) is 0 Å². The third-order valence-electron chi connectivity index (χ3n) is 5.80. The molecule has 0 bridgehead atoms. The number of rotatable bonds is 6. The molecule has 1 aromatic carbocycles. The third-order valence-corrected chi connectivity index (χ3v) is 5.80. The number of hydrogen-bond donors (Lipinski definition) is 3. The Balaban J connectivity index is 1.27. The van der Waals surface area contributed by atoms with Crippen molar-refractivity contribution in [3.8, 4) is 11.4 Å². The van der Waals surface area contributed by atoms with Crippen LogP contribution in [-0.4, -0.2) is 51.4 Å². The predicted octanol–water partition coefficient (Wildman–Crippen LogP) is 2.96. The van der Waals surface area contributed by atoms with Crippen LogP contribution in [0.3, 0.4) is 0 Å². The number of para-hydroxylation sites is 1. The highest BCUT2D eigenvalue weighted by Gasteiger charge is 2.21. The molecule has 4 rings (SSSR count). The Morgan fingerprint density at radius 2 is 1.88 bits per heavy atom. The highest BCUT2D eigenvalue weighted by molar-refractivity contribution is 5.92. The number of H-pyrrole nitrogens is 1. The molecule has 0 aliphatic carbocycles. The second kappa shape index (κ2) is 9.74. The maximum Gasteiger partial charge on any atom is 0.254 e. The second-order valence-corrected chi connectivity index (χ2v) is 8.17. The van der Waals surface area contributed by atoms with Gasteiger partial charge in [0.1, 0.15) is 11.6 Å². The van der Waals surface area contributed by atoms with Crippen molar-refractivity contribution in [2.45, 2.75) is 32.7 Å². The summed E-state index contributed by atoms with van der Waals surface area (Å²) in [6.45, 7) is 5.69. The molecule has 3 aromatic rings. The summed E-state index contributed by atoms with van der Waals surface area (Å²) in [6.07, 6.45) is 3.60. The van der Waals surface area contributed by atoms with Crippen molar-refractivity contribution in [1.29, 1.82) is 0 Å². The van der Waals surface area contributed by atoms with E-state index in [2.05, 4.69) is 30.5 Å². The first-order valence-corrected chi connectivity index (χ1v) is 10.9. The Kier molecular flexibility index (Phi) is 6.61. The number of aromatic nitrogens is 3. The van der Waals surface area contributed by atoms with Crippen LogP contribution in [0.4, 0.5) is 11.5 Å². The molecule has 1 fully saturated rings. The summed E-state index contributed by atoms with van der Waals surface area (Å²) in [4.78, 5) is 38.2. The largest absolute Gasteiger partial charge is 0.367 e. The molecule has 1 saturated heterocycles. The third kappa shape index (κ3) is 5.39. The SMILES string of the molecule is Cc1nc(-c2ccc(NC3CCN(CC(=O)Nc4ccccc4)CC3)nc2)[nH]c(=O)c1C. The van der Waals surface area contributed by atoms with Crippen molar-refractivity contribution in [2.24, 2.45) is 0 Å². The Morgan fingerprint density at radius 1 is 1.12 bits per heavy atom. The number of hydrogen-bond acceptors (Lipinski definition) is 6. The number of anilines is 2. The summed E-state index contributed by atoms with van der Waals surface area (Å²) in [5.41, 5.74) is 2.82. The smallest absolute Gasteiger partial charge is 0.254 e. The molecule has 32 heavy (non-hydrogen) atoms. The molecule has 1 aliphatic heterocycles. The van der Waals surface area contributed by atoms with Crippen LogP contribution >= 0.6 is 0 Å². The van der Waals surface area contributed by atoms with E-state index < -0.39 is 0 Å². The lowest BCUT2D eigenvalue weighted by atomic mass is 10.0. The average molecular weight is 433 g/mol. The van der Waals surface area contributed by atoms with Crippen LogP contribution in [0.1, 0.15) is 24.1 Å². The van der Waals surface area contributed by atoms with Crippen molar-refractivity contribution in [1.82, 2.24) is 19.9 Å². The lowest BCUT2D eigenvalue weighted by Gasteiger charge is -2.32. The Bertz CT molecular complexity index is 1120. The quantitative estimate of drug-likeness (QED) is 0.553. The van der Waals surface area contributed by atoms with Crippen LogP contribution in [0.5, 0.6) is 0 Å². The summed E-state index contributed by atoms with van der Waals surface area (Å²) in [6, 6.07) is 13.6. The van der Waals surface area contributed by atoms with E-state index >= 15 is 0 Å². The van der Waals surface area contributed by atoms with E-state index in [0.29, 0.717) is 24.0 Å². The predicted molar refractivity (Wildman–Crippen MR) is 126 cm³/mol. The van der Waals surface area contributed by atoms with Crippen LogP contribution in [0.2, 0.25) is 0 Å². The maximum absolute atomic E-state index is 12.3. The molecule has 8 heteroatoms. The van der Waals surface area contributed by atoms with E-state index in [9.17, 15) is 9.59 Å². The average Bonchev–Trinajstić information content (AvgIpc) is 2.79. The minimum absolute atomic E-state index is 0.0119. The van der Waals surface area contributed by atoms with Crippen molar-refractivity contribution >= 4 is 17.4 Å². The molecule has 0 unspecified atom stereocenters. The van der Waals surface area contributed by atoms with Gasteiger partial charge in [0.25, 0.3) is 5.56 Å². The molecular weight excluding hydrogens is 404 g/mol. The highest BCUT2D eigenvalue weighted by atomic mass is 16.2. The molecule has 2 aromatic heterocycles. The van der Waals surface area contributed by atoms with Crippen LogP contribution in [-0.2, 0) is 4.79 Å². The van der Waals surface area contributed by atoms with Gasteiger partial charge in [-0.05, 0) is 51.0 Å². The van der Waals surface area contributed by atoms with Gasteiger partial charge in [0.05, 0.1) is 6.54 Å². The van der Waals surface area contributed by atoms with Gasteiger partial charge in [-0.2, -0.15) is 0 Å². The number of nitrogens with zero attached hydrogens (tertiary/aromatic N) is 3. The molecule has 0 spiro atoms. The van der Waals surface area contributed by atoms with E-state index in [1.807, 2.05) is 49.4 Å². The Labute approximate surface area is 187 Å². The van der Waals surface area contributed by atoms with Crippen LogP contribution in [0.25, 0.3) is 11.4 Å². The first-order valence-electron chi connectivity index (χ1n) is 10.9. The number of aromatic amines is 1. The first-order chi connectivity index (χ1) is 15.5. The number of amides is 1. The number of piperidine rings is 1. The van der Waals surface area contributed by atoms with Gasteiger partial charge in [-0.3, -0.25) is 14.5 Å². The zero-order valence-corrected chi connectivity index (χ0v) is 18.4. The maximum atomic E-state index is 12.3. The molecule has 3 heterocycles. The van der Waals surface area contributed by atoms with E-state index in [1.54, 1.807) is 13.1 Å². The number of likely N-dealkylation sites (tertiary alicyclic amines) is 1. The van der Waals surface area contributed by atoms with Gasteiger partial charge in [0.2, 0.25) is 5.91 Å². The topological polar surface area (TPSA) is 103 Å². The number of pyridine rings is 1. The fourth-order valence-electron chi connectivity index (χ4n) is 3.77. The minimum atomic E-state index is -0.126.